The van der Waals surface area contributed by atoms with Crippen LogP contribution < -0.4 is 10.6 Å². The van der Waals surface area contributed by atoms with Crippen molar-refractivity contribution in [3.8, 4) is 0 Å². The third-order valence-corrected chi connectivity index (χ3v) is 4.61. The molecule has 4 nitrogen and oxygen atoms in total. The summed E-state index contributed by atoms with van der Waals surface area (Å²) in [5.74, 6) is 0.878. The summed E-state index contributed by atoms with van der Waals surface area (Å²) in [7, 11) is 0. The Morgan fingerprint density at radius 3 is 2.48 bits per heavy atom. The first-order chi connectivity index (χ1) is 10.0. The first kappa shape index (κ1) is 16.2. The first-order valence-electron chi connectivity index (χ1n) is 7.51. The van der Waals surface area contributed by atoms with Gasteiger partial charge in [0.15, 0.2) is 0 Å². The molecule has 0 radical (unpaired) electrons. The van der Waals surface area contributed by atoms with Crippen LogP contribution in [-0.2, 0) is 0 Å². The van der Waals surface area contributed by atoms with Crippen molar-refractivity contribution < 1.29 is 0 Å². The monoisotopic (exact) mass is 306 g/mol. The molecule has 0 amide bonds. The minimum atomic E-state index is 0.166. The lowest BCUT2D eigenvalue weighted by atomic mass is 10.1. The highest BCUT2D eigenvalue weighted by molar-refractivity contribution is 7.98. The minimum Gasteiger partial charge on any atom is -0.384 e. The SMILES string of the molecule is CSc1cccc(N2CCN(CC(C)C)CC2)c1C(=N)N. The van der Waals surface area contributed by atoms with Gasteiger partial charge in [-0.3, -0.25) is 10.3 Å². The minimum absolute atomic E-state index is 0.166. The number of nitrogens with zero attached hydrogens (tertiary/aromatic N) is 2. The molecule has 5 heteroatoms. The van der Waals surface area contributed by atoms with Gasteiger partial charge in [-0.15, -0.1) is 11.8 Å². The molecule has 1 fully saturated rings. The molecular formula is C16H26N4S. The lowest BCUT2D eigenvalue weighted by molar-refractivity contribution is 0.231. The van der Waals surface area contributed by atoms with E-state index in [1.807, 2.05) is 12.3 Å². The highest BCUT2D eigenvalue weighted by Gasteiger charge is 2.21. The van der Waals surface area contributed by atoms with Crippen molar-refractivity contribution in [2.24, 2.45) is 11.7 Å². The van der Waals surface area contributed by atoms with Crippen LogP contribution in [0.5, 0.6) is 0 Å². The maximum Gasteiger partial charge on any atom is 0.126 e. The van der Waals surface area contributed by atoms with Gasteiger partial charge in [0, 0.05) is 43.3 Å². The van der Waals surface area contributed by atoms with Gasteiger partial charge in [-0.05, 0) is 24.3 Å². The molecule has 1 aromatic carbocycles. The summed E-state index contributed by atoms with van der Waals surface area (Å²) < 4.78 is 0. The van der Waals surface area contributed by atoms with Gasteiger partial charge in [-0.2, -0.15) is 0 Å². The molecule has 1 heterocycles. The fourth-order valence-electron chi connectivity index (χ4n) is 2.91. The van der Waals surface area contributed by atoms with Crippen LogP contribution in [0.15, 0.2) is 23.1 Å². The first-order valence-corrected chi connectivity index (χ1v) is 8.74. The summed E-state index contributed by atoms with van der Waals surface area (Å²) in [4.78, 5) is 5.98. The van der Waals surface area contributed by atoms with E-state index in [-0.39, 0.29) is 5.84 Å². The Morgan fingerprint density at radius 2 is 1.95 bits per heavy atom. The maximum absolute atomic E-state index is 7.90. The second-order valence-corrected chi connectivity index (χ2v) is 6.80. The second kappa shape index (κ2) is 7.18. The summed E-state index contributed by atoms with van der Waals surface area (Å²) in [5, 5.41) is 7.90. The molecule has 0 bridgehead atoms. The molecule has 0 aromatic heterocycles. The second-order valence-electron chi connectivity index (χ2n) is 5.95. The summed E-state index contributed by atoms with van der Waals surface area (Å²) in [5.41, 5.74) is 7.82. The van der Waals surface area contributed by atoms with Gasteiger partial charge in [-0.1, -0.05) is 19.9 Å². The van der Waals surface area contributed by atoms with E-state index in [1.165, 1.54) is 0 Å². The average molecular weight is 306 g/mol. The molecule has 2 rings (SSSR count). The van der Waals surface area contributed by atoms with Crippen LogP contribution in [-0.4, -0.2) is 49.7 Å². The Balaban J connectivity index is 2.15. The number of nitrogen functional groups attached to an aromatic ring is 1. The van der Waals surface area contributed by atoms with Crippen LogP contribution in [0.1, 0.15) is 19.4 Å². The summed E-state index contributed by atoms with van der Waals surface area (Å²) >= 11 is 1.65. The smallest absolute Gasteiger partial charge is 0.126 e. The Bertz CT molecular complexity index is 493. The molecule has 0 atom stereocenters. The van der Waals surface area contributed by atoms with E-state index in [9.17, 15) is 0 Å². The average Bonchev–Trinajstić information content (AvgIpc) is 2.46. The number of hydrogen-bond donors (Lipinski definition) is 2. The van der Waals surface area contributed by atoms with E-state index in [2.05, 4.69) is 35.8 Å². The Morgan fingerprint density at radius 1 is 1.29 bits per heavy atom. The van der Waals surface area contributed by atoms with Crippen molar-refractivity contribution in [2.45, 2.75) is 18.7 Å². The quantitative estimate of drug-likeness (QED) is 0.498. The van der Waals surface area contributed by atoms with Gasteiger partial charge in [0.05, 0.1) is 5.56 Å². The van der Waals surface area contributed by atoms with Crippen molar-refractivity contribution in [1.82, 2.24) is 4.90 Å². The number of benzene rings is 1. The van der Waals surface area contributed by atoms with Crippen LogP contribution >= 0.6 is 11.8 Å². The van der Waals surface area contributed by atoms with E-state index < -0.39 is 0 Å². The highest BCUT2D eigenvalue weighted by atomic mass is 32.2. The maximum atomic E-state index is 7.90. The van der Waals surface area contributed by atoms with Crippen LogP contribution in [0.4, 0.5) is 5.69 Å². The lowest BCUT2D eigenvalue weighted by Gasteiger charge is -2.37. The third-order valence-electron chi connectivity index (χ3n) is 3.83. The number of hydrogen-bond acceptors (Lipinski definition) is 4. The Kier molecular flexibility index (Phi) is 5.53. The number of piperazine rings is 1. The topological polar surface area (TPSA) is 56.4 Å². The molecule has 0 unspecified atom stereocenters. The van der Waals surface area contributed by atoms with Gasteiger partial charge in [-0.25, -0.2) is 0 Å². The molecule has 0 aliphatic carbocycles. The van der Waals surface area contributed by atoms with E-state index in [1.54, 1.807) is 11.8 Å². The highest BCUT2D eigenvalue weighted by Crippen LogP contribution is 2.30. The fourth-order valence-corrected chi connectivity index (χ4v) is 3.54. The predicted molar refractivity (Wildman–Crippen MR) is 92.7 cm³/mol. The molecule has 1 aliphatic rings. The van der Waals surface area contributed by atoms with Crippen LogP contribution in [0.3, 0.4) is 0 Å². The molecular weight excluding hydrogens is 280 g/mol. The molecule has 3 N–H and O–H groups in total. The number of amidine groups is 1. The van der Waals surface area contributed by atoms with Crippen molar-refractivity contribution in [1.29, 1.82) is 5.41 Å². The number of thioether (sulfide) groups is 1. The van der Waals surface area contributed by atoms with Gasteiger partial charge in [0.2, 0.25) is 0 Å². The van der Waals surface area contributed by atoms with E-state index in [0.717, 1.165) is 48.9 Å². The van der Waals surface area contributed by atoms with E-state index >= 15 is 0 Å². The zero-order chi connectivity index (χ0) is 15.4. The fraction of sp³-hybridized carbons (Fsp3) is 0.562. The van der Waals surface area contributed by atoms with Gasteiger partial charge in [0.25, 0.3) is 0 Å². The molecule has 1 aliphatic heterocycles. The van der Waals surface area contributed by atoms with Gasteiger partial charge in [0.1, 0.15) is 5.84 Å². The molecule has 0 saturated carbocycles. The summed E-state index contributed by atoms with van der Waals surface area (Å²) in [6.07, 6.45) is 2.03. The van der Waals surface area contributed by atoms with Crippen LogP contribution in [0, 0.1) is 11.3 Å². The number of nitrogens with one attached hydrogen (secondary N) is 1. The zero-order valence-corrected chi connectivity index (χ0v) is 14.0. The molecule has 0 spiro atoms. The summed E-state index contributed by atoms with van der Waals surface area (Å²) in [6, 6.07) is 6.20. The molecule has 1 saturated heterocycles. The Hall–Kier alpha value is -1.20. The normalized spacial score (nSPS) is 16.5. The third kappa shape index (κ3) is 3.92. The van der Waals surface area contributed by atoms with Crippen molar-refractivity contribution in [3.63, 3.8) is 0 Å². The van der Waals surface area contributed by atoms with Crippen LogP contribution in [0.2, 0.25) is 0 Å². The number of anilines is 1. The number of nitrogens with two attached hydrogens (primary N) is 1. The van der Waals surface area contributed by atoms with Crippen molar-refractivity contribution in [3.05, 3.63) is 23.8 Å². The van der Waals surface area contributed by atoms with Crippen molar-refractivity contribution in [2.75, 3.05) is 43.9 Å². The standard InChI is InChI=1S/C16H26N4S/c1-12(2)11-19-7-9-20(10-8-19)13-5-4-6-14(21-3)15(13)16(17)18/h4-6,12H,7-11H2,1-3H3,(H3,17,18). The van der Waals surface area contributed by atoms with Gasteiger partial charge >= 0.3 is 0 Å². The lowest BCUT2D eigenvalue weighted by Crippen LogP contribution is -2.48. The number of rotatable bonds is 5. The predicted octanol–water partition coefficient (Wildman–Crippen LogP) is 2.47. The molecule has 1 aromatic rings. The van der Waals surface area contributed by atoms with E-state index in [4.69, 9.17) is 11.1 Å². The molecule has 21 heavy (non-hydrogen) atoms. The summed E-state index contributed by atoms with van der Waals surface area (Å²) in [6.45, 7) is 9.87. The van der Waals surface area contributed by atoms with Crippen LogP contribution in [0.25, 0.3) is 0 Å². The Labute approximate surface area is 132 Å². The van der Waals surface area contributed by atoms with Crippen molar-refractivity contribution >= 4 is 23.3 Å². The molecule has 116 valence electrons. The zero-order valence-electron chi connectivity index (χ0n) is 13.2. The van der Waals surface area contributed by atoms with E-state index in [0.29, 0.717) is 5.92 Å². The largest absolute Gasteiger partial charge is 0.384 e. The van der Waals surface area contributed by atoms with Gasteiger partial charge < -0.3 is 10.6 Å².